The van der Waals surface area contributed by atoms with E-state index in [-0.39, 0.29) is 5.91 Å². The van der Waals surface area contributed by atoms with Crippen LogP contribution < -0.4 is 11.2 Å². The molecule has 2 aromatic rings. The highest BCUT2D eigenvalue weighted by Gasteiger charge is 2.23. The lowest BCUT2D eigenvalue weighted by atomic mass is 10.2. The van der Waals surface area contributed by atoms with Crippen LogP contribution >= 0.6 is 0 Å². The predicted octanol–water partition coefficient (Wildman–Crippen LogP) is 1.44. The van der Waals surface area contributed by atoms with Crippen LogP contribution in [0.3, 0.4) is 0 Å². The summed E-state index contributed by atoms with van der Waals surface area (Å²) in [6.07, 6.45) is 2.57. The van der Waals surface area contributed by atoms with Crippen molar-refractivity contribution in [2.45, 2.75) is 66.5 Å². The van der Waals surface area contributed by atoms with Crippen molar-refractivity contribution >= 4 is 17.1 Å². The minimum absolute atomic E-state index is 0.121. The number of piperazine rings is 1. The van der Waals surface area contributed by atoms with E-state index < -0.39 is 11.2 Å². The quantitative estimate of drug-likeness (QED) is 0.647. The molecule has 1 amide bonds. The number of carbonyl (C=O) groups is 1. The molecule has 9 heteroatoms. The van der Waals surface area contributed by atoms with Crippen molar-refractivity contribution in [1.29, 1.82) is 0 Å². The van der Waals surface area contributed by atoms with Crippen molar-refractivity contribution in [3.63, 3.8) is 0 Å². The number of aromatic amines is 1. The monoisotopic (exact) mass is 432 g/mol. The number of nitrogens with zero attached hydrogens (tertiary/aromatic N) is 5. The molecule has 0 spiro atoms. The summed E-state index contributed by atoms with van der Waals surface area (Å²) in [5.41, 5.74) is 0.0380. The molecule has 0 saturated carbocycles. The number of likely N-dealkylation sites (N-methyl/N-ethyl adjacent to an activating group) is 1. The topological polar surface area (TPSA) is 96.2 Å². The Hall–Kier alpha value is -2.42. The van der Waals surface area contributed by atoms with Gasteiger partial charge in [0.25, 0.3) is 5.56 Å². The average molecular weight is 433 g/mol. The van der Waals surface area contributed by atoms with Gasteiger partial charge in [-0.05, 0) is 18.9 Å². The number of nitrogens with one attached hydrogen (secondary N) is 1. The van der Waals surface area contributed by atoms with Gasteiger partial charge in [-0.1, -0.05) is 34.1 Å². The van der Waals surface area contributed by atoms with E-state index in [9.17, 15) is 14.4 Å². The Morgan fingerprint density at radius 1 is 1.10 bits per heavy atom. The maximum atomic E-state index is 12.8. The third kappa shape index (κ3) is 5.26. The number of aryl methyl sites for hydroxylation is 2. The maximum absolute atomic E-state index is 12.8. The lowest BCUT2D eigenvalue weighted by Crippen LogP contribution is -2.48. The van der Waals surface area contributed by atoms with Crippen molar-refractivity contribution in [3.05, 3.63) is 26.7 Å². The van der Waals surface area contributed by atoms with Crippen molar-refractivity contribution < 1.29 is 4.79 Å². The Bertz CT molecular complexity index is 1010. The fourth-order valence-electron chi connectivity index (χ4n) is 4.18. The van der Waals surface area contributed by atoms with Crippen LogP contribution in [0.1, 0.15) is 52.8 Å². The van der Waals surface area contributed by atoms with Gasteiger partial charge < -0.3 is 14.4 Å². The van der Waals surface area contributed by atoms with Gasteiger partial charge in [-0.15, -0.1) is 0 Å². The second kappa shape index (κ2) is 10.3. The summed E-state index contributed by atoms with van der Waals surface area (Å²) in [5.74, 6) is 1.12. The molecule has 1 N–H and O–H groups in total. The number of carbonyl (C=O) groups excluding carboxylic acids is 1. The first-order valence-corrected chi connectivity index (χ1v) is 11.6. The molecule has 172 valence electrons. The molecule has 0 unspecified atom stereocenters. The molecular formula is C22H36N6O3. The van der Waals surface area contributed by atoms with Gasteiger partial charge in [0, 0.05) is 52.1 Å². The number of H-pyrrole nitrogens is 1. The Morgan fingerprint density at radius 2 is 1.81 bits per heavy atom. The van der Waals surface area contributed by atoms with Gasteiger partial charge in [0.1, 0.15) is 5.82 Å². The second-order valence-electron chi connectivity index (χ2n) is 8.78. The van der Waals surface area contributed by atoms with Crippen LogP contribution in [0.5, 0.6) is 0 Å². The number of amides is 1. The molecule has 1 fully saturated rings. The zero-order valence-corrected chi connectivity index (χ0v) is 19.3. The zero-order chi connectivity index (χ0) is 22.5. The molecule has 1 saturated heterocycles. The van der Waals surface area contributed by atoms with Crippen LogP contribution in [0, 0.1) is 5.92 Å². The van der Waals surface area contributed by atoms with E-state index in [1.165, 1.54) is 0 Å². The highest BCUT2D eigenvalue weighted by molar-refractivity contribution is 5.77. The van der Waals surface area contributed by atoms with Crippen molar-refractivity contribution in [3.8, 4) is 0 Å². The molecule has 2 aromatic heterocycles. The second-order valence-corrected chi connectivity index (χ2v) is 8.78. The molecule has 1 aliphatic rings. The normalized spacial score (nSPS) is 15.3. The van der Waals surface area contributed by atoms with E-state index in [1.54, 1.807) is 4.57 Å². The summed E-state index contributed by atoms with van der Waals surface area (Å²) >= 11 is 0. The largest absolute Gasteiger partial charge is 0.340 e. The molecule has 3 heterocycles. The average Bonchev–Trinajstić information content (AvgIpc) is 3.09. The fraction of sp³-hybridized carbons (Fsp3) is 0.727. The van der Waals surface area contributed by atoms with Crippen molar-refractivity contribution in [1.82, 2.24) is 28.9 Å². The van der Waals surface area contributed by atoms with Crippen molar-refractivity contribution in [2.24, 2.45) is 5.92 Å². The number of fused-ring (bicyclic) bond motifs is 1. The number of imidazole rings is 1. The van der Waals surface area contributed by atoms with Gasteiger partial charge >= 0.3 is 5.69 Å². The van der Waals surface area contributed by atoms with E-state index >= 15 is 0 Å². The molecule has 0 aliphatic carbocycles. The summed E-state index contributed by atoms with van der Waals surface area (Å²) in [4.78, 5) is 49.3. The van der Waals surface area contributed by atoms with Crippen LogP contribution in [0.4, 0.5) is 0 Å². The Labute approximate surface area is 183 Å². The first-order valence-electron chi connectivity index (χ1n) is 11.6. The molecule has 1 aliphatic heterocycles. The predicted molar refractivity (Wildman–Crippen MR) is 121 cm³/mol. The van der Waals surface area contributed by atoms with Gasteiger partial charge in [0.2, 0.25) is 5.91 Å². The van der Waals surface area contributed by atoms with Gasteiger partial charge in [-0.3, -0.25) is 19.1 Å². The van der Waals surface area contributed by atoms with E-state index in [2.05, 4.69) is 37.6 Å². The molecule has 31 heavy (non-hydrogen) atoms. The Kier molecular flexibility index (Phi) is 7.69. The number of hydrogen-bond donors (Lipinski definition) is 1. The molecule has 3 rings (SSSR count). The number of hydrogen-bond acceptors (Lipinski definition) is 5. The smallest absolute Gasteiger partial charge is 0.330 e. The van der Waals surface area contributed by atoms with Gasteiger partial charge in [-0.2, -0.15) is 0 Å². The first kappa shape index (κ1) is 23.2. The highest BCUT2D eigenvalue weighted by Crippen LogP contribution is 2.17. The number of aromatic nitrogens is 4. The minimum Gasteiger partial charge on any atom is -0.340 e. The molecule has 0 bridgehead atoms. The first-order chi connectivity index (χ1) is 14.8. The molecule has 0 aromatic carbocycles. The summed E-state index contributed by atoms with van der Waals surface area (Å²) in [6, 6.07) is 0. The van der Waals surface area contributed by atoms with Gasteiger partial charge in [0.15, 0.2) is 11.2 Å². The lowest BCUT2D eigenvalue weighted by molar-refractivity contribution is -0.132. The van der Waals surface area contributed by atoms with E-state index in [1.807, 2.05) is 9.47 Å². The van der Waals surface area contributed by atoms with E-state index in [4.69, 9.17) is 4.98 Å². The molecular weight excluding hydrogens is 396 g/mol. The Morgan fingerprint density at radius 3 is 2.42 bits per heavy atom. The molecule has 9 nitrogen and oxygen atoms in total. The zero-order valence-electron chi connectivity index (χ0n) is 19.3. The van der Waals surface area contributed by atoms with Gasteiger partial charge in [-0.25, -0.2) is 9.78 Å². The third-order valence-corrected chi connectivity index (χ3v) is 5.98. The number of unbranched alkanes of at least 4 members (excludes halogenated alkanes) is 1. The summed E-state index contributed by atoms with van der Waals surface area (Å²) in [6.45, 7) is 13.8. The molecule has 0 atom stereocenters. The maximum Gasteiger partial charge on any atom is 0.330 e. The van der Waals surface area contributed by atoms with Crippen LogP contribution in [-0.2, 0) is 24.3 Å². The SMILES string of the molecule is CCCCn1c(=O)[nH]c(=O)c2c1nc(CCC(=O)N1CCN(CC)CC1)n2CC(C)C. The Balaban J connectivity index is 1.88. The number of rotatable bonds is 9. The van der Waals surface area contributed by atoms with Crippen LogP contribution in [0.2, 0.25) is 0 Å². The summed E-state index contributed by atoms with van der Waals surface area (Å²) in [7, 11) is 0. The third-order valence-electron chi connectivity index (χ3n) is 5.98. The summed E-state index contributed by atoms with van der Waals surface area (Å²) < 4.78 is 3.47. The van der Waals surface area contributed by atoms with Crippen LogP contribution in [-0.4, -0.2) is 67.5 Å². The van der Waals surface area contributed by atoms with Crippen LogP contribution in [0.25, 0.3) is 11.2 Å². The highest BCUT2D eigenvalue weighted by atomic mass is 16.2. The summed E-state index contributed by atoms with van der Waals surface area (Å²) in [5, 5.41) is 0. The van der Waals surface area contributed by atoms with Crippen LogP contribution in [0.15, 0.2) is 9.59 Å². The standard InChI is InChI=1S/C22H36N6O3/c1-5-7-10-27-20-19(21(30)24-22(27)31)28(15-16(3)4)17(23-20)8-9-18(29)26-13-11-25(6-2)12-14-26/h16H,5-15H2,1-4H3,(H,24,30,31). The fourth-order valence-corrected chi connectivity index (χ4v) is 4.18. The van der Waals surface area contributed by atoms with E-state index in [0.29, 0.717) is 48.8 Å². The van der Waals surface area contributed by atoms with Gasteiger partial charge in [0.05, 0.1) is 0 Å². The van der Waals surface area contributed by atoms with Crippen molar-refractivity contribution in [2.75, 3.05) is 32.7 Å². The molecule has 0 radical (unpaired) electrons. The lowest BCUT2D eigenvalue weighted by Gasteiger charge is -2.34. The van der Waals surface area contributed by atoms with E-state index in [0.717, 1.165) is 45.6 Å². The minimum atomic E-state index is -0.420.